The molecule has 0 aliphatic rings. The molecule has 0 spiro atoms. The summed E-state index contributed by atoms with van der Waals surface area (Å²) in [7, 11) is 0. The highest BCUT2D eigenvalue weighted by molar-refractivity contribution is 7.98. The number of carboxylic acids is 1. The Hall–Kier alpha value is -1.82. The molecule has 5 nitrogen and oxygen atoms in total. The van der Waals surface area contributed by atoms with Crippen molar-refractivity contribution in [3.05, 3.63) is 46.0 Å². The molecule has 0 unspecified atom stereocenters. The van der Waals surface area contributed by atoms with E-state index in [1.54, 1.807) is 6.20 Å². The fourth-order valence-corrected chi connectivity index (χ4v) is 2.48. The van der Waals surface area contributed by atoms with Gasteiger partial charge in [0.1, 0.15) is 5.65 Å². The Morgan fingerprint density at radius 1 is 1.47 bits per heavy atom. The molecule has 0 radical (unpaired) electrons. The average molecular weight is 278 g/mol. The maximum Gasteiger partial charge on any atom is 0.304 e. The maximum atomic E-state index is 11.9. The van der Waals surface area contributed by atoms with E-state index in [4.69, 9.17) is 5.11 Å². The molecule has 0 aliphatic heterocycles. The first kappa shape index (κ1) is 13.6. The van der Waals surface area contributed by atoms with E-state index in [0.29, 0.717) is 22.8 Å². The quantitative estimate of drug-likeness (QED) is 0.843. The summed E-state index contributed by atoms with van der Waals surface area (Å²) in [6, 6.07) is 5.21. The highest BCUT2D eigenvalue weighted by Gasteiger charge is 2.03. The second kappa shape index (κ2) is 5.88. The van der Waals surface area contributed by atoms with Gasteiger partial charge in [0.2, 0.25) is 0 Å². The minimum atomic E-state index is -0.810. The van der Waals surface area contributed by atoms with Crippen LogP contribution in [0.3, 0.4) is 0 Å². The zero-order chi connectivity index (χ0) is 13.8. The van der Waals surface area contributed by atoms with E-state index in [0.717, 1.165) is 5.56 Å². The lowest BCUT2D eigenvalue weighted by Crippen LogP contribution is -2.15. The molecule has 2 aromatic rings. The normalized spacial score (nSPS) is 10.8. The van der Waals surface area contributed by atoms with Gasteiger partial charge in [0.15, 0.2) is 0 Å². The molecule has 0 atom stereocenters. The Labute approximate surface area is 114 Å². The van der Waals surface area contributed by atoms with E-state index in [2.05, 4.69) is 4.98 Å². The molecule has 0 saturated carbocycles. The number of thioether (sulfide) groups is 1. The third-order valence-corrected chi connectivity index (χ3v) is 3.58. The number of pyridine rings is 1. The van der Waals surface area contributed by atoms with E-state index in [-0.39, 0.29) is 12.0 Å². The molecule has 100 valence electrons. The van der Waals surface area contributed by atoms with Crippen molar-refractivity contribution in [1.29, 1.82) is 0 Å². The number of carboxylic acid groups (broad SMARTS) is 1. The Morgan fingerprint density at radius 2 is 2.26 bits per heavy atom. The van der Waals surface area contributed by atoms with E-state index in [1.807, 2.05) is 19.1 Å². The van der Waals surface area contributed by atoms with E-state index >= 15 is 0 Å². The van der Waals surface area contributed by atoms with Crippen molar-refractivity contribution in [2.75, 3.05) is 5.75 Å². The second-order valence-electron chi connectivity index (χ2n) is 4.21. The summed E-state index contributed by atoms with van der Waals surface area (Å²) in [5.74, 6) is 0.256. The van der Waals surface area contributed by atoms with Gasteiger partial charge >= 0.3 is 5.97 Å². The van der Waals surface area contributed by atoms with Crippen LogP contribution in [0.1, 0.15) is 17.7 Å². The van der Waals surface area contributed by atoms with Crippen LogP contribution in [0, 0.1) is 6.92 Å². The molecular weight excluding hydrogens is 264 g/mol. The molecule has 0 aromatic carbocycles. The van der Waals surface area contributed by atoms with Gasteiger partial charge in [0, 0.05) is 23.8 Å². The fraction of sp³-hybridized carbons (Fsp3) is 0.308. The van der Waals surface area contributed by atoms with Crippen molar-refractivity contribution in [2.45, 2.75) is 19.1 Å². The van der Waals surface area contributed by atoms with Crippen molar-refractivity contribution in [3.63, 3.8) is 0 Å². The summed E-state index contributed by atoms with van der Waals surface area (Å²) >= 11 is 1.46. The molecule has 0 bridgehead atoms. The van der Waals surface area contributed by atoms with Gasteiger partial charge in [0.05, 0.1) is 12.1 Å². The molecular formula is C13H14N2O3S. The molecule has 0 aliphatic carbocycles. The number of hydrogen-bond acceptors (Lipinski definition) is 4. The Morgan fingerprint density at radius 3 is 3.00 bits per heavy atom. The first-order chi connectivity index (χ1) is 9.06. The molecule has 0 saturated heterocycles. The molecule has 0 fully saturated rings. The van der Waals surface area contributed by atoms with E-state index in [1.165, 1.54) is 22.2 Å². The van der Waals surface area contributed by atoms with Crippen LogP contribution < -0.4 is 5.56 Å². The molecule has 6 heteroatoms. The number of aromatic nitrogens is 2. The van der Waals surface area contributed by atoms with Gasteiger partial charge < -0.3 is 5.11 Å². The number of nitrogens with zero attached hydrogens (tertiary/aromatic N) is 2. The van der Waals surface area contributed by atoms with Crippen LogP contribution in [0.15, 0.2) is 29.2 Å². The second-order valence-corrected chi connectivity index (χ2v) is 5.32. The predicted octanol–water partition coefficient (Wildman–Crippen LogP) is 1.71. The van der Waals surface area contributed by atoms with Crippen LogP contribution in [0.5, 0.6) is 0 Å². The smallest absolute Gasteiger partial charge is 0.304 e. The Balaban J connectivity index is 2.16. The highest BCUT2D eigenvalue weighted by atomic mass is 32.2. The summed E-state index contributed by atoms with van der Waals surface area (Å²) in [6.45, 7) is 1.94. The number of hydrogen-bond donors (Lipinski definition) is 1. The highest BCUT2D eigenvalue weighted by Crippen LogP contribution is 2.11. The van der Waals surface area contributed by atoms with Crippen molar-refractivity contribution >= 4 is 23.4 Å². The van der Waals surface area contributed by atoms with Gasteiger partial charge in [-0.2, -0.15) is 11.8 Å². The number of fused-ring (bicyclic) bond motifs is 1. The largest absolute Gasteiger partial charge is 0.481 e. The predicted molar refractivity (Wildman–Crippen MR) is 74.6 cm³/mol. The van der Waals surface area contributed by atoms with Crippen molar-refractivity contribution in [3.8, 4) is 0 Å². The van der Waals surface area contributed by atoms with Crippen LogP contribution in [-0.4, -0.2) is 26.2 Å². The Kier molecular flexibility index (Phi) is 4.21. The zero-order valence-corrected chi connectivity index (χ0v) is 11.3. The average Bonchev–Trinajstić information content (AvgIpc) is 2.34. The van der Waals surface area contributed by atoms with Gasteiger partial charge in [-0.1, -0.05) is 0 Å². The minimum Gasteiger partial charge on any atom is -0.481 e. The number of carbonyl (C=O) groups is 1. The standard InChI is InChI=1S/C13H14N2O3S/c1-9-2-4-15-11(6-9)14-10(7-12(15)16)8-19-5-3-13(17)18/h2,4,6-7H,3,5,8H2,1H3,(H,17,18). The van der Waals surface area contributed by atoms with Crippen molar-refractivity contribution in [1.82, 2.24) is 9.38 Å². The first-order valence-electron chi connectivity index (χ1n) is 5.85. The minimum absolute atomic E-state index is 0.112. The lowest BCUT2D eigenvalue weighted by atomic mass is 10.3. The van der Waals surface area contributed by atoms with Gasteiger partial charge in [-0.25, -0.2) is 4.98 Å². The molecule has 0 amide bonds. The summed E-state index contributed by atoms with van der Waals surface area (Å²) in [4.78, 5) is 26.7. The van der Waals surface area contributed by atoms with Crippen LogP contribution >= 0.6 is 11.8 Å². The lowest BCUT2D eigenvalue weighted by Gasteiger charge is -2.04. The molecule has 2 heterocycles. The van der Waals surface area contributed by atoms with Crippen LogP contribution in [-0.2, 0) is 10.5 Å². The van der Waals surface area contributed by atoms with Gasteiger partial charge in [0.25, 0.3) is 5.56 Å². The van der Waals surface area contributed by atoms with Gasteiger partial charge in [-0.3, -0.25) is 14.0 Å². The maximum absolute atomic E-state index is 11.9. The zero-order valence-electron chi connectivity index (χ0n) is 10.5. The third kappa shape index (κ3) is 3.57. The lowest BCUT2D eigenvalue weighted by molar-refractivity contribution is -0.136. The van der Waals surface area contributed by atoms with Crippen molar-refractivity contribution in [2.24, 2.45) is 0 Å². The van der Waals surface area contributed by atoms with Crippen molar-refractivity contribution < 1.29 is 9.90 Å². The van der Waals surface area contributed by atoms with Gasteiger partial charge in [-0.05, 0) is 24.6 Å². The number of rotatable bonds is 5. The summed E-state index contributed by atoms with van der Waals surface area (Å²) in [6.07, 6.45) is 1.83. The summed E-state index contributed by atoms with van der Waals surface area (Å²) in [5, 5.41) is 8.54. The summed E-state index contributed by atoms with van der Waals surface area (Å²) in [5.41, 5.74) is 2.24. The topological polar surface area (TPSA) is 71.7 Å². The number of aryl methyl sites for hydroxylation is 1. The van der Waals surface area contributed by atoms with Crippen LogP contribution in [0.2, 0.25) is 0 Å². The molecule has 2 aromatic heterocycles. The summed E-state index contributed by atoms with van der Waals surface area (Å²) < 4.78 is 1.50. The third-order valence-electron chi connectivity index (χ3n) is 2.59. The molecule has 2 rings (SSSR count). The molecule has 19 heavy (non-hydrogen) atoms. The van der Waals surface area contributed by atoms with E-state index < -0.39 is 5.97 Å². The van der Waals surface area contributed by atoms with Crippen LogP contribution in [0.4, 0.5) is 0 Å². The fourth-order valence-electron chi connectivity index (χ4n) is 1.66. The molecule has 1 N–H and O–H groups in total. The first-order valence-corrected chi connectivity index (χ1v) is 7.00. The SMILES string of the molecule is Cc1ccn2c(=O)cc(CSCCC(=O)O)nc2c1. The monoisotopic (exact) mass is 278 g/mol. The van der Waals surface area contributed by atoms with E-state index in [9.17, 15) is 9.59 Å². The number of aliphatic carboxylic acids is 1. The van der Waals surface area contributed by atoms with Crippen LogP contribution in [0.25, 0.3) is 5.65 Å². The van der Waals surface area contributed by atoms with Gasteiger partial charge in [-0.15, -0.1) is 0 Å². The Bertz CT molecular complexity index is 666.